The van der Waals surface area contributed by atoms with E-state index in [2.05, 4.69) is 138 Å². The summed E-state index contributed by atoms with van der Waals surface area (Å²) >= 11 is 0. The number of pyridine rings is 1. The summed E-state index contributed by atoms with van der Waals surface area (Å²) < 4.78 is 0. The zero-order valence-corrected chi connectivity index (χ0v) is 30.4. The van der Waals surface area contributed by atoms with Crippen LogP contribution in [-0.2, 0) is 0 Å². The summed E-state index contributed by atoms with van der Waals surface area (Å²) in [7, 11) is 0. The van der Waals surface area contributed by atoms with Crippen molar-refractivity contribution in [3.05, 3.63) is 207 Å². The van der Waals surface area contributed by atoms with Crippen LogP contribution in [0.4, 0.5) is 0 Å². The van der Waals surface area contributed by atoms with Gasteiger partial charge in [0, 0.05) is 29.1 Å². The average molecular weight is 715 g/mol. The maximum absolute atomic E-state index is 5.13. The van der Waals surface area contributed by atoms with Gasteiger partial charge in [0.1, 0.15) is 0 Å². The molecule has 0 N–H and O–H groups in total. The van der Waals surface area contributed by atoms with E-state index >= 15 is 0 Å². The molecule has 2 heterocycles. The Morgan fingerprint density at radius 1 is 0.250 bits per heavy atom. The molecule has 262 valence electrons. The van der Waals surface area contributed by atoms with Gasteiger partial charge in [-0.1, -0.05) is 146 Å². The van der Waals surface area contributed by atoms with Gasteiger partial charge < -0.3 is 0 Å². The van der Waals surface area contributed by atoms with Crippen molar-refractivity contribution in [2.45, 2.75) is 0 Å². The maximum atomic E-state index is 5.13. The van der Waals surface area contributed by atoms with Crippen LogP contribution < -0.4 is 0 Å². The van der Waals surface area contributed by atoms with Crippen molar-refractivity contribution in [2.75, 3.05) is 0 Å². The van der Waals surface area contributed by atoms with E-state index in [1.165, 1.54) is 32.7 Å². The Labute approximate surface area is 325 Å². The molecule has 4 heteroatoms. The average Bonchev–Trinajstić information content (AvgIpc) is 3.29. The van der Waals surface area contributed by atoms with Gasteiger partial charge in [0.25, 0.3) is 0 Å². The summed E-state index contributed by atoms with van der Waals surface area (Å²) in [6.07, 6.45) is 3.68. The molecule has 56 heavy (non-hydrogen) atoms. The van der Waals surface area contributed by atoms with E-state index in [1.54, 1.807) is 0 Å². The Kier molecular flexibility index (Phi) is 8.47. The summed E-state index contributed by atoms with van der Waals surface area (Å²) in [6.45, 7) is 0. The van der Waals surface area contributed by atoms with E-state index in [0.717, 1.165) is 50.1 Å². The molecule has 0 spiro atoms. The number of rotatable bonds is 7. The molecule has 0 unspecified atom stereocenters. The van der Waals surface area contributed by atoms with Crippen molar-refractivity contribution >= 4 is 21.5 Å². The minimum atomic E-state index is 0.606. The number of hydrogen-bond acceptors (Lipinski definition) is 4. The Balaban J connectivity index is 1.23. The van der Waals surface area contributed by atoms with Crippen molar-refractivity contribution in [2.24, 2.45) is 0 Å². The highest BCUT2D eigenvalue weighted by Gasteiger charge is 2.17. The highest BCUT2D eigenvalue weighted by Crippen LogP contribution is 2.40. The van der Waals surface area contributed by atoms with Gasteiger partial charge in [-0.2, -0.15) is 0 Å². The van der Waals surface area contributed by atoms with Gasteiger partial charge in [-0.15, -0.1) is 0 Å². The van der Waals surface area contributed by atoms with E-state index in [0.29, 0.717) is 17.5 Å². The molecule has 0 saturated carbocycles. The standard InChI is InChI=1S/C52H34N4/c1-3-15-38(16-4-1)50-54-51(39-17-5-2-6-18-39)56-52(55-50)45-32-40(35-25-27-53-28-26-35)29-41(33-45)42-30-43(48-23-11-19-36-13-7-9-21-46(36)48)34-44(31-42)49-24-12-20-37-14-8-10-22-47(37)49/h1-34H. The van der Waals surface area contributed by atoms with E-state index in [9.17, 15) is 0 Å². The molecule has 0 bridgehead atoms. The lowest BCUT2D eigenvalue weighted by Gasteiger charge is -2.16. The van der Waals surface area contributed by atoms with E-state index in [4.69, 9.17) is 15.0 Å². The van der Waals surface area contributed by atoms with Gasteiger partial charge in [0.2, 0.25) is 0 Å². The largest absolute Gasteiger partial charge is 0.265 e. The van der Waals surface area contributed by atoms with Crippen LogP contribution >= 0.6 is 0 Å². The van der Waals surface area contributed by atoms with Crippen LogP contribution in [0.25, 0.3) is 100 Å². The first-order valence-electron chi connectivity index (χ1n) is 18.8. The molecular formula is C52H34N4. The van der Waals surface area contributed by atoms with E-state index in [1.807, 2.05) is 73.1 Å². The van der Waals surface area contributed by atoms with Crippen LogP contribution in [-0.4, -0.2) is 19.9 Å². The van der Waals surface area contributed by atoms with Crippen LogP contribution in [0, 0.1) is 0 Å². The molecule has 10 rings (SSSR count). The lowest BCUT2D eigenvalue weighted by molar-refractivity contribution is 1.07. The quantitative estimate of drug-likeness (QED) is 0.165. The number of fused-ring (bicyclic) bond motifs is 2. The summed E-state index contributed by atoms with van der Waals surface area (Å²) in [5, 5.41) is 4.85. The molecular weight excluding hydrogens is 681 g/mol. The van der Waals surface area contributed by atoms with Gasteiger partial charge in [-0.3, -0.25) is 4.98 Å². The molecule has 0 radical (unpaired) electrons. The fourth-order valence-corrected chi connectivity index (χ4v) is 7.63. The topological polar surface area (TPSA) is 51.6 Å². The van der Waals surface area contributed by atoms with E-state index in [-0.39, 0.29) is 0 Å². The lowest BCUT2D eigenvalue weighted by Crippen LogP contribution is -2.00. The predicted molar refractivity (Wildman–Crippen MR) is 231 cm³/mol. The fourth-order valence-electron chi connectivity index (χ4n) is 7.63. The van der Waals surface area contributed by atoms with Crippen LogP contribution in [0.5, 0.6) is 0 Å². The molecule has 0 aliphatic carbocycles. The van der Waals surface area contributed by atoms with Crippen molar-refractivity contribution in [3.8, 4) is 78.7 Å². The van der Waals surface area contributed by atoms with Gasteiger partial charge in [0.15, 0.2) is 17.5 Å². The third-order valence-corrected chi connectivity index (χ3v) is 10.4. The minimum Gasteiger partial charge on any atom is -0.265 e. The van der Waals surface area contributed by atoms with Crippen molar-refractivity contribution in [1.29, 1.82) is 0 Å². The van der Waals surface area contributed by atoms with Crippen LogP contribution in [0.3, 0.4) is 0 Å². The van der Waals surface area contributed by atoms with E-state index < -0.39 is 0 Å². The summed E-state index contributed by atoms with van der Waals surface area (Å²) in [5.41, 5.74) is 11.7. The Bertz CT molecular complexity index is 2850. The van der Waals surface area contributed by atoms with Gasteiger partial charge in [-0.25, -0.2) is 15.0 Å². The Hall–Kier alpha value is -7.56. The first-order valence-corrected chi connectivity index (χ1v) is 18.8. The van der Waals surface area contributed by atoms with Crippen molar-refractivity contribution in [3.63, 3.8) is 0 Å². The summed E-state index contributed by atoms with van der Waals surface area (Å²) in [6, 6.07) is 68.4. The Morgan fingerprint density at radius 2 is 0.625 bits per heavy atom. The predicted octanol–water partition coefficient (Wildman–Crippen LogP) is 13.2. The third-order valence-electron chi connectivity index (χ3n) is 10.4. The molecule has 0 fully saturated rings. The molecule has 0 aliphatic heterocycles. The highest BCUT2D eigenvalue weighted by molar-refractivity contribution is 6.01. The van der Waals surface area contributed by atoms with Crippen molar-refractivity contribution < 1.29 is 0 Å². The SMILES string of the molecule is c1ccc(-c2nc(-c3ccccc3)nc(-c3cc(-c4ccncc4)cc(-c4cc(-c5cccc6ccccc56)cc(-c5cccc6ccccc56)c4)c3)n2)cc1. The first-order chi connectivity index (χ1) is 27.7. The van der Waals surface area contributed by atoms with Crippen LogP contribution in [0.1, 0.15) is 0 Å². The second-order valence-electron chi connectivity index (χ2n) is 13.9. The first kappa shape index (κ1) is 33.0. The molecule has 2 aromatic heterocycles. The van der Waals surface area contributed by atoms with Gasteiger partial charge in [-0.05, 0) is 115 Å². The second-order valence-corrected chi connectivity index (χ2v) is 13.9. The van der Waals surface area contributed by atoms with Crippen LogP contribution in [0.2, 0.25) is 0 Å². The van der Waals surface area contributed by atoms with Gasteiger partial charge >= 0.3 is 0 Å². The molecule has 0 amide bonds. The molecule has 0 aliphatic rings. The highest BCUT2D eigenvalue weighted by atomic mass is 15.0. The third kappa shape index (κ3) is 6.40. The fraction of sp³-hybridized carbons (Fsp3) is 0. The molecule has 10 aromatic rings. The molecule has 0 saturated heterocycles. The summed E-state index contributed by atoms with van der Waals surface area (Å²) in [4.78, 5) is 19.6. The Morgan fingerprint density at radius 3 is 1.14 bits per heavy atom. The molecule has 8 aromatic carbocycles. The lowest BCUT2D eigenvalue weighted by atomic mass is 9.88. The van der Waals surface area contributed by atoms with Gasteiger partial charge in [0.05, 0.1) is 0 Å². The number of nitrogens with zero attached hydrogens (tertiary/aromatic N) is 4. The normalized spacial score (nSPS) is 11.2. The molecule has 4 nitrogen and oxygen atoms in total. The zero-order chi connectivity index (χ0) is 37.3. The minimum absolute atomic E-state index is 0.606. The number of aromatic nitrogens is 4. The number of benzene rings is 8. The second kappa shape index (κ2) is 14.3. The smallest absolute Gasteiger partial charge is 0.164 e. The zero-order valence-electron chi connectivity index (χ0n) is 30.4. The van der Waals surface area contributed by atoms with Crippen molar-refractivity contribution in [1.82, 2.24) is 19.9 Å². The maximum Gasteiger partial charge on any atom is 0.164 e. The number of hydrogen-bond donors (Lipinski definition) is 0. The van der Waals surface area contributed by atoms with Crippen LogP contribution in [0.15, 0.2) is 207 Å². The monoisotopic (exact) mass is 714 g/mol. The summed E-state index contributed by atoms with van der Waals surface area (Å²) in [5.74, 6) is 1.86. The molecule has 0 atom stereocenters.